The molecule has 0 rings (SSSR count). The second-order valence-electron chi connectivity index (χ2n) is 3.27. The maximum Gasteiger partial charge on any atom is 0.173 e. The molecule has 0 bridgehead atoms. The number of ether oxygens (including phenoxy) is 3. The lowest BCUT2D eigenvalue weighted by Gasteiger charge is -2.37. The molecule has 0 saturated heterocycles. The van der Waals surface area contributed by atoms with Crippen LogP contribution in [0.1, 0.15) is 27.7 Å². The van der Waals surface area contributed by atoms with Gasteiger partial charge in [0.05, 0.1) is 0 Å². The first-order valence-electron chi connectivity index (χ1n) is 5.67. The van der Waals surface area contributed by atoms with E-state index in [1.807, 2.05) is 33.4 Å². The van der Waals surface area contributed by atoms with E-state index in [2.05, 4.69) is 6.58 Å². The van der Waals surface area contributed by atoms with Crippen molar-refractivity contribution in [3.8, 4) is 0 Å². The number of rotatable bonds is 9. The summed E-state index contributed by atoms with van der Waals surface area (Å²) in [5, 5.41) is 0. The first-order chi connectivity index (χ1) is 7.16. The molecule has 0 radical (unpaired) electrons. The second kappa shape index (κ2) is 8.04. The highest BCUT2D eigenvalue weighted by atomic mass is 28.2. The Morgan fingerprint density at radius 3 is 2.07 bits per heavy atom. The fourth-order valence-electron chi connectivity index (χ4n) is 1.63. The predicted molar refractivity (Wildman–Crippen MR) is 65.8 cm³/mol. The normalized spacial score (nSPS) is 14.7. The monoisotopic (exact) mass is 232 g/mol. The van der Waals surface area contributed by atoms with Gasteiger partial charge >= 0.3 is 0 Å². The summed E-state index contributed by atoms with van der Waals surface area (Å²) < 4.78 is 17.1. The molecule has 0 aromatic rings. The van der Waals surface area contributed by atoms with Crippen LogP contribution in [0, 0.1) is 0 Å². The van der Waals surface area contributed by atoms with Gasteiger partial charge in [0.2, 0.25) is 0 Å². The lowest BCUT2D eigenvalue weighted by molar-refractivity contribution is -0.232. The predicted octanol–water partition coefficient (Wildman–Crippen LogP) is 1.45. The van der Waals surface area contributed by atoms with E-state index in [-0.39, 0.29) is 6.10 Å². The Morgan fingerprint density at radius 2 is 1.73 bits per heavy atom. The summed E-state index contributed by atoms with van der Waals surface area (Å²) in [4.78, 5) is 0. The van der Waals surface area contributed by atoms with E-state index < -0.39 is 14.9 Å². The SMILES string of the molecule is C=C[SiH2]C(OCC)(OCC)C(C)OCC. The van der Waals surface area contributed by atoms with Crippen LogP contribution in [0.15, 0.2) is 12.3 Å². The summed E-state index contributed by atoms with van der Waals surface area (Å²) >= 11 is 0. The second-order valence-corrected chi connectivity index (χ2v) is 5.24. The maximum absolute atomic E-state index is 5.77. The third-order valence-corrected chi connectivity index (χ3v) is 4.08. The van der Waals surface area contributed by atoms with E-state index in [1.54, 1.807) is 0 Å². The fraction of sp³-hybridized carbons (Fsp3) is 0.818. The third-order valence-electron chi connectivity index (χ3n) is 2.24. The van der Waals surface area contributed by atoms with Crippen LogP contribution < -0.4 is 0 Å². The molecule has 90 valence electrons. The molecule has 0 spiro atoms. The van der Waals surface area contributed by atoms with Crippen LogP contribution in [0.5, 0.6) is 0 Å². The van der Waals surface area contributed by atoms with E-state index in [0.717, 1.165) is 0 Å². The summed E-state index contributed by atoms with van der Waals surface area (Å²) in [7, 11) is -0.666. The first-order valence-corrected chi connectivity index (χ1v) is 7.19. The largest absolute Gasteiger partial charge is 0.374 e. The van der Waals surface area contributed by atoms with Crippen molar-refractivity contribution in [2.75, 3.05) is 19.8 Å². The van der Waals surface area contributed by atoms with Gasteiger partial charge in [-0.1, -0.05) is 0 Å². The summed E-state index contributed by atoms with van der Waals surface area (Å²) in [6, 6.07) is 0. The lowest BCUT2D eigenvalue weighted by atomic mass is 10.3. The molecule has 0 aromatic heterocycles. The van der Waals surface area contributed by atoms with Crippen LogP contribution in [-0.2, 0) is 14.2 Å². The quantitative estimate of drug-likeness (QED) is 0.445. The molecule has 3 nitrogen and oxygen atoms in total. The molecule has 1 atom stereocenters. The van der Waals surface area contributed by atoms with Gasteiger partial charge in [-0.2, -0.15) is 0 Å². The molecule has 15 heavy (non-hydrogen) atoms. The molecule has 0 N–H and O–H groups in total. The average molecular weight is 232 g/mol. The Labute approximate surface area is 95.6 Å². The molecular weight excluding hydrogens is 208 g/mol. The van der Waals surface area contributed by atoms with Gasteiger partial charge in [-0.05, 0) is 27.7 Å². The van der Waals surface area contributed by atoms with Crippen molar-refractivity contribution in [2.24, 2.45) is 0 Å². The summed E-state index contributed by atoms with van der Waals surface area (Å²) in [5.41, 5.74) is 1.40. The molecule has 0 saturated carbocycles. The fourth-order valence-corrected chi connectivity index (χ4v) is 3.12. The molecular formula is C11H24O3Si. The molecule has 0 aliphatic heterocycles. The van der Waals surface area contributed by atoms with Gasteiger partial charge in [0.15, 0.2) is 5.41 Å². The van der Waals surface area contributed by atoms with Gasteiger partial charge in [-0.15, -0.1) is 12.3 Å². The summed E-state index contributed by atoms with van der Waals surface area (Å²) in [5.74, 6) is 0. The van der Waals surface area contributed by atoms with Crippen molar-refractivity contribution in [1.82, 2.24) is 0 Å². The van der Waals surface area contributed by atoms with Gasteiger partial charge in [0.1, 0.15) is 15.6 Å². The summed E-state index contributed by atoms with van der Waals surface area (Å²) in [6.45, 7) is 13.7. The molecule has 0 heterocycles. The highest BCUT2D eigenvalue weighted by Crippen LogP contribution is 2.20. The van der Waals surface area contributed by atoms with Crippen LogP contribution in [0.2, 0.25) is 0 Å². The van der Waals surface area contributed by atoms with E-state index >= 15 is 0 Å². The van der Waals surface area contributed by atoms with Crippen LogP contribution in [0.4, 0.5) is 0 Å². The van der Waals surface area contributed by atoms with Crippen LogP contribution in [-0.4, -0.2) is 40.9 Å². The van der Waals surface area contributed by atoms with Gasteiger partial charge in [-0.3, -0.25) is 0 Å². The van der Waals surface area contributed by atoms with Crippen molar-refractivity contribution in [3.63, 3.8) is 0 Å². The Hall–Kier alpha value is -0.163. The topological polar surface area (TPSA) is 27.7 Å². The van der Waals surface area contributed by atoms with Crippen molar-refractivity contribution < 1.29 is 14.2 Å². The minimum Gasteiger partial charge on any atom is -0.374 e. The van der Waals surface area contributed by atoms with Gasteiger partial charge in [0, 0.05) is 19.8 Å². The van der Waals surface area contributed by atoms with E-state index in [1.165, 1.54) is 0 Å². The van der Waals surface area contributed by atoms with Crippen molar-refractivity contribution in [2.45, 2.75) is 39.2 Å². The van der Waals surface area contributed by atoms with Crippen molar-refractivity contribution >= 4 is 9.52 Å². The van der Waals surface area contributed by atoms with E-state index in [4.69, 9.17) is 14.2 Å². The minimum atomic E-state index is -0.666. The maximum atomic E-state index is 5.77. The van der Waals surface area contributed by atoms with Gasteiger partial charge in [-0.25, -0.2) is 0 Å². The number of hydrogen-bond acceptors (Lipinski definition) is 3. The van der Waals surface area contributed by atoms with Crippen LogP contribution in [0.3, 0.4) is 0 Å². The Balaban J connectivity index is 4.64. The van der Waals surface area contributed by atoms with Crippen molar-refractivity contribution in [3.05, 3.63) is 12.3 Å². The Bertz CT molecular complexity index is 167. The average Bonchev–Trinajstić information content (AvgIpc) is 2.19. The van der Waals surface area contributed by atoms with Crippen LogP contribution >= 0.6 is 0 Å². The molecule has 0 fully saturated rings. The van der Waals surface area contributed by atoms with Crippen LogP contribution in [0.25, 0.3) is 0 Å². The molecule has 0 aromatic carbocycles. The van der Waals surface area contributed by atoms with E-state index in [0.29, 0.717) is 19.8 Å². The molecule has 0 aliphatic rings. The standard InChI is InChI=1S/C11H24O3Si/c1-6-12-10(5)11(13-7-2,14-8-3)15-9-4/h9-10H,4,6-8,15H2,1-3,5H3. The molecule has 4 heteroatoms. The Morgan fingerprint density at radius 1 is 1.20 bits per heavy atom. The molecule has 0 amide bonds. The minimum absolute atomic E-state index is 0.0351. The summed E-state index contributed by atoms with van der Waals surface area (Å²) in [6.07, 6.45) is -0.0351. The smallest absolute Gasteiger partial charge is 0.173 e. The van der Waals surface area contributed by atoms with Gasteiger partial charge in [0.25, 0.3) is 0 Å². The third kappa shape index (κ3) is 4.47. The zero-order chi connectivity index (χ0) is 11.7. The Kier molecular flexibility index (Phi) is 7.96. The molecule has 1 unspecified atom stereocenters. The molecule has 0 aliphatic carbocycles. The highest BCUT2D eigenvalue weighted by molar-refractivity contribution is 6.45. The highest BCUT2D eigenvalue weighted by Gasteiger charge is 2.37. The van der Waals surface area contributed by atoms with E-state index in [9.17, 15) is 0 Å². The van der Waals surface area contributed by atoms with Crippen molar-refractivity contribution in [1.29, 1.82) is 0 Å². The zero-order valence-corrected chi connectivity index (χ0v) is 11.8. The van der Waals surface area contributed by atoms with Gasteiger partial charge < -0.3 is 14.2 Å². The zero-order valence-electron chi connectivity index (χ0n) is 10.4. The first kappa shape index (κ1) is 14.8. The number of hydrogen-bond donors (Lipinski definition) is 0. The lowest BCUT2D eigenvalue weighted by Crippen LogP contribution is -2.52.